The quantitative estimate of drug-likeness (QED) is 0.912. The van der Waals surface area contributed by atoms with Gasteiger partial charge in [-0.3, -0.25) is 4.79 Å². The number of hydrogen-bond donors (Lipinski definition) is 2. The van der Waals surface area contributed by atoms with Crippen molar-refractivity contribution in [2.45, 2.75) is 19.2 Å². The molecule has 0 spiro atoms. The average Bonchev–Trinajstić information content (AvgIpc) is 2.90. The van der Waals surface area contributed by atoms with Gasteiger partial charge in [0, 0.05) is 5.56 Å². The summed E-state index contributed by atoms with van der Waals surface area (Å²) >= 11 is 0. The van der Waals surface area contributed by atoms with Gasteiger partial charge >= 0.3 is 6.18 Å². The molecule has 2 aromatic rings. The number of rotatable bonds is 4. The van der Waals surface area contributed by atoms with Crippen LogP contribution in [0, 0.1) is 6.92 Å². The number of aryl methyl sites for hydroxylation is 1. The van der Waals surface area contributed by atoms with E-state index in [2.05, 4.69) is 5.32 Å². The molecule has 2 rings (SSSR count). The Morgan fingerprint density at radius 1 is 1.32 bits per heavy atom. The van der Waals surface area contributed by atoms with E-state index in [1.165, 1.54) is 6.07 Å². The van der Waals surface area contributed by atoms with E-state index < -0.39 is 23.8 Å². The number of nitrogens with one attached hydrogen (secondary N) is 1. The molecule has 0 aliphatic heterocycles. The van der Waals surface area contributed by atoms with E-state index in [4.69, 9.17) is 4.42 Å². The summed E-state index contributed by atoms with van der Waals surface area (Å²) in [6, 6.07) is 7.30. The first kappa shape index (κ1) is 16.1. The van der Waals surface area contributed by atoms with E-state index >= 15 is 0 Å². The first-order chi connectivity index (χ1) is 10.3. The Balaban J connectivity index is 2.01. The highest BCUT2D eigenvalue weighted by atomic mass is 19.4. The summed E-state index contributed by atoms with van der Waals surface area (Å²) < 4.78 is 43.0. The molecule has 22 heavy (non-hydrogen) atoms. The number of carbonyl (C=O) groups is 1. The molecule has 0 aliphatic carbocycles. The lowest BCUT2D eigenvalue weighted by Crippen LogP contribution is -2.28. The summed E-state index contributed by atoms with van der Waals surface area (Å²) in [4.78, 5) is 11.8. The maximum Gasteiger partial charge on any atom is 0.416 e. The SMILES string of the molecule is Cc1ccc(C(O)CNC(=O)c2cccc(C(F)(F)F)c2)o1. The predicted molar refractivity (Wildman–Crippen MR) is 72.2 cm³/mol. The van der Waals surface area contributed by atoms with Crippen LogP contribution in [0.2, 0.25) is 0 Å². The van der Waals surface area contributed by atoms with Crippen molar-refractivity contribution in [2.75, 3.05) is 6.54 Å². The van der Waals surface area contributed by atoms with Crippen LogP contribution in [0.5, 0.6) is 0 Å². The highest BCUT2D eigenvalue weighted by Crippen LogP contribution is 2.29. The van der Waals surface area contributed by atoms with Gasteiger partial charge < -0.3 is 14.8 Å². The lowest BCUT2D eigenvalue weighted by molar-refractivity contribution is -0.137. The highest BCUT2D eigenvalue weighted by Gasteiger charge is 2.30. The minimum atomic E-state index is -4.51. The van der Waals surface area contributed by atoms with Crippen LogP contribution in [-0.2, 0) is 6.18 Å². The van der Waals surface area contributed by atoms with Crippen molar-refractivity contribution in [1.82, 2.24) is 5.32 Å². The van der Waals surface area contributed by atoms with Gasteiger partial charge in [0.05, 0.1) is 12.1 Å². The van der Waals surface area contributed by atoms with Crippen molar-refractivity contribution in [3.05, 3.63) is 59.0 Å². The molecule has 0 aliphatic rings. The monoisotopic (exact) mass is 313 g/mol. The fourth-order valence-corrected chi connectivity index (χ4v) is 1.86. The number of alkyl halides is 3. The van der Waals surface area contributed by atoms with Crippen molar-refractivity contribution < 1.29 is 27.5 Å². The number of aliphatic hydroxyl groups excluding tert-OH is 1. The lowest BCUT2D eigenvalue weighted by Gasteiger charge is -2.11. The predicted octanol–water partition coefficient (Wildman–Crippen LogP) is 3.07. The number of furan rings is 1. The topological polar surface area (TPSA) is 62.5 Å². The van der Waals surface area contributed by atoms with Gasteiger partial charge in [0.1, 0.15) is 17.6 Å². The van der Waals surface area contributed by atoms with Crippen molar-refractivity contribution in [1.29, 1.82) is 0 Å². The Bertz CT molecular complexity index is 664. The summed E-state index contributed by atoms with van der Waals surface area (Å²) in [6.45, 7) is 1.54. The fraction of sp³-hybridized carbons (Fsp3) is 0.267. The Labute approximate surface area is 124 Å². The van der Waals surface area contributed by atoms with Crippen LogP contribution in [-0.4, -0.2) is 17.6 Å². The molecule has 1 aromatic heterocycles. The standard InChI is InChI=1S/C15H14F3NO3/c1-9-5-6-13(22-9)12(20)8-19-14(21)10-3-2-4-11(7-10)15(16,17)18/h2-7,12,20H,8H2,1H3,(H,19,21). The van der Waals surface area contributed by atoms with Crippen LogP contribution in [0.25, 0.3) is 0 Å². The van der Waals surface area contributed by atoms with E-state index in [0.717, 1.165) is 18.2 Å². The summed E-state index contributed by atoms with van der Waals surface area (Å²) in [5, 5.41) is 12.2. The number of amides is 1. The zero-order valence-electron chi connectivity index (χ0n) is 11.6. The zero-order valence-corrected chi connectivity index (χ0v) is 11.6. The van der Waals surface area contributed by atoms with Crippen LogP contribution in [0.1, 0.15) is 33.5 Å². The van der Waals surface area contributed by atoms with E-state index in [1.807, 2.05) is 0 Å². The average molecular weight is 313 g/mol. The molecule has 7 heteroatoms. The Kier molecular flexibility index (Phi) is 4.56. The minimum absolute atomic E-state index is 0.127. The van der Waals surface area contributed by atoms with Crippen molar-refractivity contribution in [3.63, 3.8) is 0 Å². The maximum atomic E-state index is 12.6. The molecular formula is C15H14F3NO3. The molecule has 1 unspecified atom stereocenters. The smallest absolute Gasteiger partial charge is 0.416 e. The van der Waals surface area contributed by atoms with Gasteiger partial charge in [0.2, 0.25) is 0 Å². The van der Waals surface area contributed by atoms with Gasteiger partial charge in [0.15, 0.2) is 0 Å². The van der Waals surface area contributed by atoms with Crippen LogP contribution in [0.3, 0.4) is 0 Å². The van der Waals surface area contributed by atoms with E-state index in [0.29, 0.717) is 5.76 Å². The second-order valence-corrected chi connectivity index (χ2v) is 4.75. The third kappa shape index (κ3) is 3.88. The molecule has 2 N–H and O–H groups in total. The first-order valence-corrected chi connectivity index (χ1v) is 6.47. The number of halogens is 3. The molecule has 0 radical (unpaired) electrons. The Morgan fingerprint density at radius 2 is 2.05 bits per heavy atom. The zero-order chi connectivity index (χ0) is 16.3. The van der Waals surface area contributed by atoms with Gasteiger partial charge in [-0.25, -0.2) is 0 Å². The molecule has 0 bridgehead atoms. The lowest BCUT2D eigenvalue weighted by atomic mass is 10.1. The van der Waals surface area contributed by atoms with Crippen molar-refractivity contribution >= 4 is 5.91 Å². The van der Waals surface area contributed by atoms with Crippen molar-refractivity contribution in [3.8, 4) is 0 Å². The maximum absolute atomic E-state index is 12.6. The molecule has 1 atom stereocenters. The normalized spacial score (nSPS) is 13.0. The largest absolute Gasteiger partial charge is 0.464 e. The van der Waals surface area contributed by atoms with Gasteiger partial charge in [-0.2, -0.15) is 13.2 Å². The second kappa shape index (κ2) is 6.23. The number of hydrogen-bond acceptors (Lipinski definition) is 3. The van der Waals surface area contributed by atoms with Crippen molar-refractivity contribution in [2.24, 2.45) is 0 Å². The number of benzene rings is 1. The third-order valence-electron chi connectivity index (χ3n) is 3.00. The molecule has 1 amide bonds. The highest BCUT2D eigenvalue weighted by molar-refractivity contribution is 5.94. The van der Waals surface area contributed by atoms with Gasteiger partial charge in [0.25, 0.3) is 5.91 Å². The van der Waals surface area contributed by atoms with Crippen LogP contribution in [0.4, 0.5) is 13.2 Å². The number of aliphatic hydroxyl groups is 1. The van der Waals surface area contributed by atoms with E-state index in [1.54, 1.807) is 19.1 Å². The first-order valence-electron chi connectivity index (χ1n) is 6.47. The Hall–Kier alpha value is -2.28. The van der Waals surface area contributed by atoms with Gasteiger partial charge in [-0.15, -0.1) is 0 Å². The molecule has 0 saturated carbocycles. The molecule has 1 heterocycles. The molecular weight excluding hydrogens is 299 g/mol. The van der Waals surface area contributed by atoms with Gasteiger partial charge in [-0.1, -0.05) is 6.07 Å². The molecule has 118 valence electrons. The molecule has 1 aromatic carbocycles. The summed E-state index contributed by atoms with van der Waals surface area (Å²) in [6.07, 6.45) is -5.58. The minimum Gasteiger partial charge on any atom is -0.464 e. The summed E-state index contributed by atoms with van der Waals surface area (Å²) in [7, 11) is 0. The number of carbonyl (C=O) groups excluding carboxylic acids is 1. The summed E-state index contributed by atoms with van der Waals surface area (Å²) in [5.74, 6) is 0.188. The van der Waals surface area contributed by atoms with Crippen LogP contribution >= 0.6 is 0 Å². The molecule has 0 fully saturated rings. The van der Waals surface area contributed by atoms with Crippen LogP contribution < -0.4 is 5.32 Å². The molecule has 4 nitrogen and oxygen atoms in total. The van der Waals surface area contributed by atoms with E-state index in [9.17, 15) is 23.1 Å². The Morgan fingerprint density at radius 3 is 2.64 bits per heavy atom. The molecule has 0 saturated heterocycles. The summed E-state index contributed by atoms with van der Waals surface area (Å²) in [5.41, 5.74) is -1.03. The van der Waals surface area contributed by atoms with Crippen LogP contribution in [0.15, 0.2) is 40.8 Å². The second-order valence-electron chi connectivity index (χ2n) is 4.75. The van der Waals surface area contributed by atoms with Gasteiger partial charge in [-0.05, 0) is 37.3 Å². The van der Waals surface area contributed by atoms with E-state index in [-0.39, 0.29) is 17.9 Å². The third-order valence-corrected chi connectivity index (χ3v) is 3.00. The fourth-order valence-electron chi connectivity index (χ4n) is 1.86.